The first-order valence-electron chi connectivity index (χ1n) is 6.37. The van der Waals surface area contributed by atoms with E-state index in [1.165, 1.54) is 12.0 Å². The molecule has 2 heterocycles. The summed E-state index contributed by atoms with van der Waals surface area (Å²) in [5.41, 5.74) is 7.19. The third kappa shape index (κ3) is 1.97. The number of nitrogens with two attached hydrogens (primary N) is 1. The van der Waals surface area contributed by atoms with Crippen molar-refractivity contribution in [3.05, 3.63) is 22.8 Å². The van der Waals surface area contributed by atoms with Crippen LogP contribution in [0, 0.1) is 6.92 Å². The molecule has 96 valence electrons. The monoisotopic (exact) mass is 263 g/mol. The second-order valence-corrected chi connectivity index (χ2v) is 5.99. The molecule has 0 aromatic carbocycles. The van der Waals surface area contributed by atoms with Gasteiger partial charge in [-0.3, -0.25) is 0 Å². The van der Waals surface area contributed by atoms with Gasteiger partial charge in [-0.05, 0) is 36.8 Å². The lowest BCUT2D eigenvalue weighted by atomic mass is 9.82. The molecule has 0 aliphatic heterocycles. The van der Waals surface area contributed by atoms with E-state index in [1.807, 2.05) is 5.38 Å². The number of hydrogen-bond acceptors (Lipinski definition) is 5. The van der Waals surface area contributed by atoms with Gasteiger partial charge >= 0.3 is 0 Å². The summed E-state index contributed by atoms with van der Waals surface area (Å²) in [6, 6.07) is 2.06. The zero-order valence-corrected chi connectivity index (χ0v) is 11.3. The number of aromatic nitrogens is 2. The number of rotatable bonds is 2. The van der Waals surface area contributed by atoms with Crippen molar-refractivity contribution in [1.29, 1.82) is 0 Å². The SMILES string of the molecule is Cc1ccsc1-c1nc(C2(N)CCCCC2)no1. The zero-order chi connectivity index (χ0) is 12.6. The summed E-state index contributed by atoms with van der Waals surface area (Å²) < 4.78 is 5.38. The number of aryl methyl sites for hydroxylation is 1. The minimum Gasteiger partial charge on any atom is -0.333 e. The predicted molar refractivity (Wildman–Crippen MR) is 71.3 cm³/mol. The fourth-order valence-electron chi connectivity index (χ4n) is 2.52. The van der Waals surface area contributed by atoms with E-state index in [4.69, 9.17) is 10.3 Å². The van der Waals surface area contributed by atoms with Crippen molar-refractivity contribution in [2.45, 2.75) is 44.6 Å². The third-order valence-electron chi connectivity index (χ3n) is 3.67. The normalized spacial score (nSPS) is 19.0. The standard InChI is InChI=1S/C13H17N3OS/c1-9-5-8-18-10(9)11-15-12(16-17-11)13(14)6-3-2-4-7-13/h5,8H,2-4,6-7,14H2,1H3. The van der Waals surface area contributed by atoms with Gasteiger partial charge in [0.25, 0.3) is 5.89 Å². The van der Waals surface area contributed by atoms with E-state index in [9.17, 15) is 0 Å². The Morgan fingerprint density at radius 2 is 2.11 bits per heavy atom. The van der Waals surface area contributed by atoms with Crippen molar-refractivity contribution >= 4 is 11.3 Å². The average Bonchev–Trinajstić information content (AvgIpc) is 2.98. The number of hydrogen-bond donors (Lipinski definition) is 1. The highest BCUT2D eigenvalue weighted by Gasteiger charge is 2.34. The van der Waals surface area contributed by atoms with E-state index in [1.54, 1.807) is 11.3 Å². The summed E-state index contributed by atoms with van der Waals surface area (Å²) in [6.45, 7) is 2.05. The molecule has 0 unspecified atom stereocenters. The fourth-order valence-corrected chi connectivity index (χ4v) is 3.36. The van der Waals surface area contributed by atoms with Crippen LogP contribution in [0.25, 0.3) is 10.8 Å². The number of thiophene rings is 1. The minimum atomic E-state index is -0.384. The molecular weight excluding hydrogens is 246 g/mol. The molecule has 5 heteroatoms. The quantitative estimate of drug-likeness (QED) is 0.903. The third-order valence-corrected chi connectivity index (χ3v) is 4.68. The molecule has 0 atom stereocenters. The maximum Gasteiger partial charge on any atom is 0.268 e. The number of nitrogens with zero attached hydrogens (tertiary/aromatic N) is 2. The molecule has 4 nitrogen and oxygen atoms in total. The predicted octanol–water partition coefficient (Wildman–Crippen LogP) is 3.22. The molecule has 2 aromatic heterocycles. The van der Waals surface area contributed by atoms with Gasteiger partial charge in [0.05, 0.1) is 10.4 Å². The van der Waals surface area contributed by atoms with Crippen LogP contribution in [0.2, 0.25) is 0 Å². The summed E-state index contributed by atoms with van der Waals surface area (Å²) >= 11 is 1.62. The van der Waals surface area contributed by atoms with Gasteiger partial charge in [0.15, 0.2) is 5.82 Å². The van der Waals surface area contributed by atoms with Gasteiger partial charge in [-0.2, -0.15) is 4.98 Å². The van der Waals surface area contributed by atoms with Crippen molar-refractivity contribution in [2.24, 2.45) is 5.73 Å². The molecule has 1 saturated carbocycles. The van der Waals surface area contributed by atoms with E-state index < -0.39 is 0 Å². The van der Waals surface area contributed by atoms with Gasteiger partial charge in [-0.1, -0.05) is 24.4 Å². The van der Waals surface area contributed by atoms with Crippen molar-refractivity contribution in [1.82, 2.24) is 10.1 Å². The lowest BCUT2D eigenvalue weighted by Gasteiger charge is -2.29. The summed E-state index contributed by atoms with van der Waals surface area (Å²) in [7, 11) is 0. The van der Waals surface area contributed by atoms with Gasteiger partial charge in [0, 0.05) is 0 Å². The maximum atomic E-state index is 6.40. The molecule has 1 aliphatic carbocycles. The molecule has 1 aliphatic rings. The minimum absolute atomic E-state index is 0.384. The highest BCUT2D eigenvalue weighted by molar-refractivity contribution is 7.13. The molecule has 0 bridgehead atoms. The van der Waals surface area contributed by atoms with Crippen LogP contribution in [0.4, 0.5) is 0 Å². The summed E-state index contributed by atoms with van der Waals surface area (Å²) in [6.07, 6.45) is 5.47. The van der Waals surface area contributed by atoms with E-state index >= 15 is 0 Å². The largest absolute Gasteiger partial charge is 0.333 e. The van der Waals surface area contributed by atoms with Crippen molar-refractivity contribution < 1.29 is 4.52 Å². The lowest BCUT2D eigenvalue weighted by molar-refractivity contribution is 0.275. The van der Waals surface area contributed by atoms with E-state index in [0.717, 1.165) is 30.6 Å². The molecule has 0 saturated heterocycles. The Hall–Kier alpha value is -1.20. The Labute approximate surface area is 110 Å². The Balaban J connectivity index is 1.92. The van der Waals surface area contributed by atoms with Gasteiger partial charge in [-0.25, -0.2) is 0 Å². The Kier molecular flexibility index (Phi) is 2.95. The van der Waals surface area contributed by atoms with E-state index in [2.05, 4.69) is 23.1 Å². The van der Waals surface area contributed by atoms with Crippen LogP contribution in [0.1, 0.15) is 43.5 Å². The van der Waals surface area contributed by atoms with E-state index in [-0.39, 0.29) is 5.54 Å². The molecule has 2 aromatic rings. The topological polar surface area (TPSA) is 64.9 Å². The fraction of sp³-hybridized carbons (Fsp3) is 0.538. The average molecular weight is 263 g/mol. The van der Waals surface area contributed by atoms with Gasteiger partial charge in [-0.15, -0.1) is 11.3 Å². The first-order chi connectivity index (χ1) is 8.69. The van der Waals surface area contributed by atoms with Crippen LogP contribution in [0.5, 0.6) is 0 Å². The highest BCUT2D eigenvalue weighted by atomic mass is 32.1. The van der Waals surface area contributed by atoms with Crippen LogP contribution in [-0.4, -0.2) is 10.1 Å². The molecule has 3 rings (SSSR count). The van der Waals surface area contributed by atoms with Gasteiger partial charge in [0.1, 0.15) is 0 Å². The highest BCUT2D eigenvalue weighted by Crippen LogP contribution is 2.35. The first-order valence-corrected chi connectivity index (χ1v) is 7.24. The Morgan fingerprint density at radius 3 is 2.78 bits per heavy atom. The van der Waals surface area contributed by atoms with Crippen molar-refractivity contribution in [3.8, 4) is 10.8 Å². The molecule has 0 spiro atoms. The maximum absolute atomic E-state index is 6.40. The van der Waals surface area contributed by atoms with Crippen LogP contribution < -0.4 is 5.73 Å². The van der Waals surface area contributed by atoms with Crippen molar-refractivity contribution in [3.63, 3.8) is 0 Å². The van der Waals surface area contributed by atoms with Crippen LogP contribution in [0.15, 0.2) is 16.0 Å². The smallest absolute Gasteiger partial charge is 0.268 e. The zero-order valence-electron chi connectivity index (χ0n) is 10.5. The molecular formula is C13H17N3OS. The second kappa shape index (κ2) is 4.48. The molecule has 2 N–H and O–H groups in total. The molecule has 1 fully saturated rings. The van der Waals surface area contributed by atoms with Crippen LogP contribution in [0.3, 0.4) is 0 Å². The Bertz CT molecular complexity index is 540. The summed E-state index contributed by atoms with van der Waals surface area (Å²) in [5, 5.41) is 6.14. The van der Waals surface area contributed by atoms with Gasteiger partial charge in [0.2, 0.25) is 0 Å². The molecule has 0 radical (unpaired) electrons. The second-order valence-electron chi connectivity index (χ2n) is 5.07. The summed E-state index contributed by atoms with van der Waals surface area (Å²) in [4.78, 5) is 5.57. The van der Waals surface area contributed by atoms with Crippen LogP contribution in [-0.2, 0) is 5.54 Å². The lowest BCUT2D eigenvalue weighted by Crippen LogP contribution is -2.39. The van der Waals surface area contributed by atoms with Gasteiger partial charge < -0.3 is 10.3 Å². The summed E-state index contributed by atoms with van der Waals surface area (Å²) in [5.74, 6) is 1.28. The Morgan fingerprint density at radius 1 is 1.33 bits per heavy atom. The first kappa shape index (κ1) is 11.9. The van der Waals surface area contributed by atoms with Crippen molar-refractivity contribution in [2.75, 3.05) is 0 Å². The van der Waals surface area contributed by atoms with E-state index in [0.29, 0.717) is 11.7 Å². The molecule has 0 amide bonds. The van der Waals surface area contributed by atoms with Crippen LogP contribution >= 0.6 is 11.3 Å². The molecule has 18 heavy (non-hydrogen) atoms.